The van der Waals surface area contributed by atoms with Gasteiger partial charge in [0, 0.05) is 34.1 Å². The molecule has 28 heavy (non-hydrogen) atoms. The number of hydrogen-bond donors (Lipinski definition) is 2. The summed E-state index contributed by atoms with van der Waals surface area (Å²) in [6.45, 7) is 4.18. The van der Waals surface area contributed by atoms with Gasteiger partial charge in [0.2, 0.25) is 0 Å². The summed E-state index contributed by atoms with van der Waals surface area (Å²) in [6.07, 6.45) is 0.612. The number of nitrogens with zero attached hydrogens (tertiary/aromatic N) is 1. The molecule has 1 aromatic heterocycles. The van der Waals surface area contributed by atoms with E-state index >= 15 is 0 Å². The van der Waals surface area contributed by atoms with Gasteiger partial charge in [-0.1, -0.05) is 41.9 Å². The maximum absolute atomic E-state index is 12.0. The first-order valence-corrected chi connectivity index (χ1v) is 10.0. The van der Waals surface area contributed by atoms with E-state index in [-0.39, 0.29) is 0 Å². The van der Waals surface area contributed by atoms with E-state index in [0.29, 0.717) is 23.7 Å². The molecule has 144 valence electrons. The number of hydrogen-bond acceptors (Lipinski definition) is 4. The number of aryl methyl sites for hydroxylation is 2. The Morgan fingerprint density at radius 3 is 2.46 bits per heavy atom. The van der Waals surface area contributed by atoms with Crippen molar-refractivity contribution >= 4 is 40.4 Å². The molecule has 0 spiro atoms. The number of anilines is 1. The number of rotatable bonds is 5. The zero-order valence-electron chi connectivity index (χ0n) is 15.6. The van der Waals surface area contributed by atoms with Crippen LogP contribution in [0.3, 0.4) is 0 Å². The van der Waals surface area contributed by atoms with Crippen molar-refractivity contribution in [1.82, 2.24) is 10.3 Å². The molecule has 2 N–H and O–H groups in total. The van der Waals surface area contributed by atoms with E-state index in [9.17, 15) is 9.59 Å². The van der Waals surface area contributed by atoms with Crippen LogP contribution in [0.2, 0.25) is 5.02 Å². The van der Waals surface area contributed by atoms with Crippen molar-refractivity contribution in [3.05, 3.63) is 69.7 Å². The highest BCUT2D eigenvalue weighted by atomic mass is 35.5. The Morgan fingerprint density at radius 1 is 1.04 bits per heavy atom. The summed E-state index contributed by atoms with van der Waals surface area (Å²) in [7, 11) is 0. The number of carbonyl (C=O) groups is 2. The number of para-hydroxylation sites is 1. The highest BCUT2D eigenvalue weighted by Gasteiger charge is 2.15. The van der Waals surface area contributed by atoms with Crippen molar-refractivity contribution in [3.63, 3.8) is 0 Å². The van der Waals surface area contributed by atoms with Crippen LogP contribution in [0.15, 0.2) is 48.5 Å². The van der Waals surface area contributed by atoms with Crippen LogP contribution in [0, 0.1) is 13.8 Å². The molecule has 0 aliphatic carbocycles. The summed E-state index contributed by atoms with van der Waals surface area (Å²) < 4.78 is 0. The van der Waals surface area contributed by atoms with Gasteiger partial charge in [0.05, 0.1) is 5.69 Å². The Balaban J connectivity index is 1.54. The Hall–Kier alpha value is -2.70. The zero-order chi connectivity index (χ0) is 20.1. The molecule has 3 rings (SSSR count). The van der Waals surface area contributed by atoms with Crippen molar-refractivity contribution in [2.24, 2.45) is 0 Å². The third-order valence-corrected chi connectivity index (χ3v) is 5.74. The Labute approximate surface area is 172 Å². The van der Waals surface area contributed by atoms with E-state index in [1.165, 1.54) is 0 Å². The molecule has 3 aromatic rings. The molecule has 0 bridgehead atoms. The summed E-state index contributed by atoms with van der Waals surface area (Å²) >= 11 is 7.51. The van der Waals surface area contributed by atoms with Crippen LogP contribution in [0.5, 0.6) is 0 Å². The average molecular weight is 414 g/mol. The number of nitrogens with one attached hydrogen (secondary N) is 2. The lowest BCUT2D eigenvalue weighted by Crippen LogP contribution is -2.36. The fourth-order valence-electron chi connectivity index (χ4n) is 2.64. The van der Waals surface area contributed by atoms with Crippen LogP contribution in [0.25, 0.3) is 10.6 Å². The predicted molar refractivity (Wildman–Crippen MR) is 114 cm³/mol. The largest absolute Gasteiger partial charge is 0.347 e. The van der Waals surface area contributed by atoms with Gasteiger partial charge in [0.25, 0.3) is 0 Å². The van der Waals surface area contributed by atoms with Gasteiger partial charge >= 0.3 is 11.8 Å². The summed E-state index contributed by atoms with van der Waals surface area (Å²) in [5, 5.41) is 6.89. The number of benzene rings is 2. The van der Waals surface area contributed by atoms with Gasteiger partial charge in [-0.2, -0.15) is 0 Å². The summed E-state index contributed by atoms with van der Waals surface area (Å²) in [5.41, 5.74) is 3.46. The molecule has 2 aromatic carbocycles. The standard InChI is InChI=1S/C21H20ClN3O2S/c1-13-5-3-4-6-17(13)25-20(27)19(26)23-12-11-18-14(2)24-21(28-18)15-7-9-16(22)10-8-15/h3-10H,11-12H2,1-2H3,(H,23,26)(H,25,27). The van der Waals surface area contributed by atoms with Crippen molar-refractivity contribution in [2.45, 2.75) is 20.3 Å². The van der Waals surface area contributed by atoms with E-state index in [4.69, 9.17) is 11.6 Å². The number of amides is 2. The minimum atomic E-state index is -0.669. The van der Waals surface area contributed by atoms with Crippen molar-refractivity contribution < 1.29 is 9.59 Å². The van der Waals surface area contributed by atoms with Gasteiger partial charge in [0.15, 0.2) is 0 Å². The zero-order valence-corrected chi connectivity index (χ0v) is 17.2. The number of carbonyl (C=O) groups excluding carboxylic acids is 2. The Morgan fingerprint density at radius 2 is 1.75 bits per heavy atom. The van der Waals surface area contributed by atoms with E-state index in [2.05, 4.69) is 15.6 Å². The molecule has 0 saturated heterocycles. The number of halogens is 1. The third kappa shape index (κ3) is 4.97. The van der Waals surface area contributed by atoms with Crippen LogP contribution in [0.1, 0.15) is 16.1 Å². The Kier molecular flexibility index (Phi) is 6.44. The molecule has 1 heterocycles. The van der Waals surface area contributed by atoms with Crippen LogP contribution in [-0.4, -0.2) is 23.3 Å². The van der Waals surface area contributed by atoms with E-state index in [1.807, 2.05) is 56.3 Å². The number of aromatic nitrogens is 1. The predicted octanol–water partition coefficient (Wildman–Crippen LogP) is 4.38. The molecule has 7 heteroatoms. The van der Waals surface area contributed by atoms with E-state index in [1.54, 1.807) is 17.4 Å². The van der Waals surface area contributed by atoms with Gasteiger partial charge in [-0.15, -0.1) is 11.3 Å². The van der Waals surface area contributed by atoms with E-state index < -0.39 is 11.8 Å². The quantitative estimate of drug-likeness (QED) is 0.610. The van der Waals surface area contributed by atoms with Crippen LogP contribution in [-0.2, 0) is 16.0 Å². The minimum absolute atomic E-state index is 0.364. The first-order chi connectivity index (χ1) is 13.4. The second-order valence-corrected chi connectivity index (χ2v) is 7.83. The van der Waals surface area contributed by atoms with Gasteiger partial charge < -0.3 is 10.6 Å². The number of thiazole rings is 1. The van der Waals surface area contributed by atoms with Gasteiger partial charge in [0.1, 0.15) is 5.01 Å². The average Bonchev–Trinajstić information content (AvgIpc) is 3.04. The maximum Gasteiger partial charge on any atom is 0.313 e. The summed E-state index contributed by atoms with van der Waals surface area (Å²) in [6, 6.07) is 14.9. The van der Waals surface area contributed by atoms with Crippen LogP contribution < -0.4 is 10.6 Å². The van der Waals surface area contributed by atoms with Crippen molar-refractivity contribution in [3.8, 4) is 10.6 Å². The van der Waals surface area contributed by atoms with Gasteiger partial charge in [-0.3, -0.25) is 9.59 Å². The van der Waals surface area contributed by atoms with Gasteiger partial charge in [-0.05, 0) is 37.6 Å². The maximum atomic E-state index is 12.0. The lowest BCUT2D eigenvalue weighted by Gasteiger charge is -2.08. The fourth-order valence-corrected chi connectivity index (χ4v) is 3.83. The van der Waals surface area contributed by atoms with Crippen LogP contribution in [0.4, 0.5) is 5.69 Å². The molecular weight excluding hydrogens is 394 g/mol. The molecular formula is C21H20ClN3O2S. The summed E-state index contributed by atoms with van der Waals surface area (Å²) in [4.78, 5) is 29.8. The highest BCUT2D eigenvalue weighted by Crippen LogP contribution is 2.29. The molecule has 5 nitrogen and oxygen atoms in total. The fraction of sp³-hybridized carbons (Fsp3) is 0.190. The van der Waals surface area contributed by atoms with Crippen molar-refractivity contribution in [2.75, 3.05) is 11.9 Å². The lowest BCUT2D eigenvalue weighted by atomic mass is 10.2. The molecule has 0 saturated carbocycles. The highest BCUT2D eigenvalue weighted by molar-refractivity contribution is 7.15. The summed E-state index contributed by atoms with van der Waals surface area (Å²) in [5.74, 6) is -1.32. The molecule has 0 aliphatic heterocycles. The van der Waals surface area contributed by atoms with Gasteiger partial charge in [-0.25, -0.2) is 4.98 Å². The smallest absolute Gasteiger partial charge is 0.313 e. The molecule has 0 unspecified atom stereocenters. The van der Waals surface area contributed by atoms with Crippen molar-refractivity contribution in [1.29, 1.82) is 0 Å². The molecule has 0 aliphatic rings. The van der Waals surface area contributed by atoms with Crippen LogP contribution >= 0.6 is 22.9 Å². The normalized spacial score (nSPS) is 10.5. The first-order valence-electron chi connectivity index (χ1n) is 8.81. The second kappa shape index (κ2) is 8.99. The second-order valence-electron chi connectivity index (χ2n) is 6.31. The monoisotopic (exact) mass is 413 g/mol. The molecule has 2 amide bonds. The topological polar surface area (TPSA) is 71.1 Å². The molecule has 0 atom stereocenters. The molecule has 0 fully saturated rings. The Bertz CT molecular complexity index is 999. The SMILES string of the molecule is Cc1ccccc1NC(=O)C(=O)NCCc1sc(-c2ccc(Cl)cc2)nc1C. The minimum Gasteiger partial charge on any atom is -0.347 e. The van der Waals surface area contributed by atoms with E-state index in [0.717, 1.165) is 26.7 Å². The first kappa shape index (κ1) is 20.0. The lowest BCUT2D eigenvalue weighted by molar-refractivity contribution is -0.136. The molecule has 0 radical (unpaired) electrons. The third-order valence-electron chi connectivity index (χ3n) is 4.22.